The van der Waals surface area contributed by atoms with Crippen LogP contribution in [-0.4, -0.2) is 26.8 Å². The summed E-state index contributed by atoms with van der Waals surface area (Å²) in [4.78, 5) is -0.650. The van der Waals surface area contributed by atoms with Crippen molar-refractivity contribution in [3.63, 3.8) is 0 Å². The zero-order valence-electron chi connectivity index (χ0n) is 7.66. The van der Waals surface area contributed by atoms with Gasteiger partial charge in [-0.25, -0.2) is 21.5 Å². The van der Waals surface area contributed by atoms with Crippen LogP contribution in [0.2, 0.25) is 0 Å². The molecule has 0 atom stereocenters. The number of hydrogen-bond donors (Lipinski definition) is 0. The molecule has 0 heterocycles. The van der Waals surface area contributed by atoms with Crippen LogP contribution in [0.1, 0.15) is 0 Å². The quantitative estimate of drug-likeness (QED) is 0.752. The van der Waals surface area contributed by atoms with Gasteiger partial charge < -0.3 is 0 Å². The summed E-state index contributed by atoms with van der Waals surface area (Å²) in [5.41, 5.74) is 0. The molecule has 78 valence electrons. The van der Waals surface area contributed by atoms with Crippen molar-refractivity contribution in [3.8, 4) is 0 Å². The van der Waals surface area contributed by atoms with Crippen LogP contribution in [0.5, 0.6) is 0 Å². The van der Waals surface area contributed by atoms with Crippen LogP contribution in [0, 0.1) is 11.6 Å². The maximum absolute atomic E-state index is 13.1. The number of rotatable bonds is 2. The summed E-state index contributed by atoms with van der Waals surface area (Å²) in [6.07, 6.45) is 0. The van der Waals surface area contributed by atoms with Crippen LogP contribution in [0.3, 0.4) is 0 Å². The molecule has 0 radical (unpaired) electrons. The van der Waals surface area contributed by atoms with Gasteiger partial charge in [0.2, 0.25) is 10.0 Å². The van der Waals surface area contributed by atoms with Gasteiger partial charge in [-0.05, 0) is 18.2 Å². The first kappa shape index (κ1) is 11.1. The van der Waals surface area contributed by atoms with Gasteiger partial charge >= 0.3 is 0 Å². The van der Waals surface area contributed by atoms with E-state index in [1.54, 1.807) is 0 Å². The molecule has 0 spiro atoms. The molecule has 0 aliphatic rings. The van der Waals surface area contributed by atoms with Gasteiger partial charge in [0.25, 0.3) is 0 Å². The smallest absolute Gasteiger partial charge is 0.207 e. The van der Waals surface area contributed by atoms with E-state index in [4.69, 9.17) is 0 Å². The van der Waals surface area contributed by atoms with Crippen molar-refractivity contribution in [2.24, 2.45) is 0 Å². The van der Waals surface area contributed by atoms with E-state index < -0.39 is 26.6 Å². The molecule has 1 aromatic carbocycles. The fraction of sp³-hybridized carbons (Fsp3) is 0.250. The van der Waals surface area contributed by atoms with E-state index in [1.807, 2.05) is 0 Å². The number of halogens is 2. The third-order valence-corrected chi connectivity index (χ3v) is 3.48. The average molecular weight is 221 g/mol. The maximum Gasteiger partial charge on any atom is 0.245 e. The summed E-state index contributed by atoms with van der Waals surface area (Å²) in [6, 6.07) is 2.31. The second-order valence-electron chi connectivity index (χ2n) is 2.86. The van der Waals surface area contributed by atoms with Gasteiger partial charge in [-0.3, -0.25) is 0 Å². The Labute approximate surface area is 81.0 Å². The van der Waals surface area contributed by atoms with Crippen molar-refractivity contribution in [1.29, 1.82) is 0 Å². The topological polar surface area (TPSA) is 37.4 Å². The summed E-state index contributed by atoms with van der Waals surface area (Å²) in [7, 11) is -1.41. The Morgan fingerprint density at radius 1 is 1.21 bits per heavy atom. The van der Waals surface area contributed by atoms with Gasteiger partial charge in [0.15, 0.2) is 0 Å². The third-order valence-electron chi connectivity index (χ3n) is 1.65. The zero-order valence-corrected chi connectivity index (χ0v) is 8.48. The Bertz CT molecular complexity index is 443. The standard InChI is InChI=1S/C8H9F2NO2S/c1-11(2)14(12,13)8-5-6(9)3-4-7(8)10/h3-5H,1-2H3. The maximum atomic E-state index is 13.1. The van der Waals surface area contributed by atoms with E-state index >= 15 is 0 Å². The highest BCUT2D eigenvalue weighted by Gasteiger charge is 2.21. The Morgan fingerprint density at radius 2 is 1.79 bits per heavy atom. The first-order chi connectivity index (χ1) is 6.35. The average Bonchev–Trinajstić information content (AvgIpc) is 2.08. The molecule has 0 amide bonds. The molecule has 0 aromatic heterocycles. The van der Waals surface area contributed by atoms with E-state index in [9.17, 15) is 17.2 Å². The van der Waals surface area contributed by atoms with Crippen molar-refractivity contribution in [1.82, 2.24) is 4.31 Å². The molecular formula is C8H9F2NO2S. The van der Waals surface area contributed by atoms with Gasteiger partial charge in [0.1, 0.15) is 16.5 Å². The molecule has 14 heavy (non-hydrogen) atoms. The molecule has 0 N–H and O–H groups in total. The SMILES string of the molecule is CN(C)S(=O)(=O)c1cc(F)ccc1F. The summed E-state index contributed by atoms with van der Waals surface area (Å²) >= 11 is 0. The van der Waals surface area contributed by atoms with E-state index in [0.717, 1.165) is 16.4 Å². The van der Waals surface area contributed by atoms with Gasteiger partial charge in [0, 0.05) is 14.1 Å². The number of nitrogens with zero attached hydrogens (tertiary/aromatic N) is 1. The highest BCUT2D eigenvalue weighted by molar-refractivity contribution is 7.89. The summed E-state index contributed by atoms with van der Waals surface area (Å²) in [5.74, 6) is -1.74. The monoisotopic (exact) mass is 221 g/mol. The van der Waals surface area contributed by atoms with E-state index in [-0.39, 0.29) is 0 Å². The van der Waals surface area contributed by atoms with Crippen molar-refractivity contribution in [2.75, 3.05) is 14.1 Å². The first-order valence-electron chi connectivity index (χ1n) is 3.73. The molecule has 1 rings (SSSR count). The summed E-state index contributed by atoms with van der Waals surface area (Å²) < 4.78 is 49.4. The molecule has 1 aromatic rings. The Kier molecular flexibility index (Phi) is 2.86. The molecular weight excluding hydrogens is 212 g/mol. The van der Waals surface area contributed by atoms with Gasteiger partial charge in [-0.1, -0.05) is 0 Å². The lowest BCUT2D eigenvalue weighted by Crippen LogP contribution is -2.23. The molecule has 3 nitrogen and oxygen atoms in total. The van der Waals surface area contributed by atoms with Crippen LogP contribution < -0.4 is 0 Å². The lowest BCUT2D eigenvalue weighted by atomic mass is 10.3. The third kappa shape index (κ3) is 1.91. The number of benzene rings is 1. The number of hydrogen-bond acceptors (Lipinski definition) is 2. The Hall–Kier alpha value is -1.01. The van der Waals surface area contributed by atoms with Crippen molar-refractivity contribution >= 4 is 10.0 Å². The van der Waals surface area contributed by atoms with Crippen LogP contribution in [0.15, 0.2) is 23.1 Å². The van der Waals surface area contributed by atoms with Gasteiger partial charge in [-0.15, -0.1) is 0 Å². The highest BCUT2D eigenvalue weighted by atomic mass is 32.2. The molecule has 0 unspecified atom stereocenters. The van der Waals surface area contributed by atoms with E-state index in [2.05, 4.69) is 0 Å². The Morgan fingerprint density at radius 3 is 2.29 bits per heavy atom. The first-order valence-corrected chi connectivity index (χ1v) is 5.17. The van der Waals surface area contributed by atoms with Crippen molar-refractivity contribution < 1.29 is 17.2 Å². The largest absolute Gasteiger partial charge is 0.245 e. The van der Waals surface area contributed by atoms with Gasteiger partial charge in [-0.2, -0.15) is 0 Å². The molecule has 0 saturated carbocycles. The van der Waals surface area contributed by atoms with Crippen LogP contribution in [0.25, 0.3) is 0 Å². The second kappa shape index (κ2) is 3.62. The minimum Gasteiger partial charge on any atom is -0.207 e. The molecule has 0 bridgehead atoms. The van der Waals surface area contributed by atoms with Crippen LogP contribution in [-0.2, 0) is 10.0 Å². The van der Waals surface area contributed by atoms with Crippen molar-refractivity contribution in [2.45, 2.75) is 4.90 Å². The molecule has 6 heteroatoms. The number of sulfonamides is 1. The zero-order chi connectivity index (χ0) is 10.9. The summed E-state index contributed by atoms with van der Waals surface area (Å²) in [6.45, 7) is 0. The minimum atomic E-state index is -3.91. The molecule has 0 aliphatic carbocycles. The van der Waals surface area contributed by atoms with Crippen LogP contribution >= 0.6 is 0 Å². The second-order valence-corrected chi connectivity index (χ2v) is 4.98. The molecule has 0 fully saturated rings. The van der Waals surface area contributed by atoms with Crippen LogP contribution in [0.4, 0.5) is 8.78 Å². The highest BCUT2D eigenvalue weighted by Crippen LogP contribution is 2.18. The molecule has 0 saturated heterocycles. The normalized spacial score (nSPS) is 12.1. The van der Waals surface area contributed by atoms with Gasteiger partial charge in [0.05, 0.1) is 0 Å². The Balaban J connectivity index is 3.40. The predicted molar refractivity (Wildman–Crippen MR) is 47.2 cm³/mol. The fourth-order valence-corrected chi connectivity index (χ4v) is 1.84. The summed E-state index contributed by atoms with van der Waals surface area (Å²) in [5, 5.41) is 0. The lowest BCUT2D eigenvalue weighted by Gasteiger charge is -2.11. The van der Waals surface area contributed by atoms with E-state index in [0.29, 0.717) is 6.07 Å². The fourth-order valence-electron chi connectivity index (χ4n) is 0.872. The van der Waals surface area contributed by atoms with Crippen molar-refractivity contribution in [3.05, 3.63) is 29.8 Å². The molecule has 0 aliphatic heterocycles. The minimum absolute atomic E-state index is 0.650. The van der Waals surface area contributed by atoms with E-state index in [1.165, 1.54) is 14.1 Å². The lowest BCUT2D eigenvalue weighted by molar-refractivity contribution is 0.503. The predicted octanol–water partition coefficient (Wildman–Crippen LogP) is 1.22.